The van der Waals surface area contributed by atoms with E-state index in [0.29, 0.717) is 13.0 Å². The van der Waals surface area contributed by atoms with Gasteiger partial charge in [0.2, 0.25) is 5.13 Å². The average molecular weight is 323 g/mol. The number of carbonyl (C=O) groups is 2. The predicted octanol–water partition coefficient (Wildman–Crippen LogP) is 1.63. The van der Waals surface area contributed by atoms with E-state index in [4.69, 9.17) is 0 Å². The molecule has 1 saturated heterocycles. The van der Waals surface area contributed by atoms with Crippen molar-refractivity contribution in [1.29, 1.82) is 0 Å². The molecule has 1 aromatic rings. The molecule has 22 heavy (non-hydrogen) atoms. The van der Waals surface area contributed by atoms with E-state index in [1.807, 2.05) is 0 Å². The molecule has 1 aliphatic carbocycles. The van der Waals surface area contributed by atoms with E-state index < -0.39 is 5.54 Å². The van der Waals surface area contributed by atoms with Crippen LogP contribution in [0.25, 0.3) is 0 Å². The summed E-state index contributed by atoms with van der Waals surface area (Å²) >= 11 is 1.33. The molecule has 0 radical (unpaired) electrons. The topological polar surface area (TPSA) is 96.0 Å². The number of amides is 3. The summed E-state index contributed by atoms with van der Waals surface area (Å²) in [6.07, 6.45) is 2.54. The second-order valence-corrected chi connectivity index (χ2v) is 7.77. The molecule has 1 aliphatic heterocycles. The second-order valence-electron chi connectivity index (χ2n) is 7.02. The number of carbonyl (C=O) groups excluding carboxylic acids is 2. The molecule has 0 aromatic carbocycles. The van der Waals surface area contributed by atoms with E-state index in [0.717, 1.165) is 23.8 Å². The maximum atomic E-state index is 12.1. The quantitative estimate of drug-likeness (QED) is 0.735. The number of hydrogen-bond donors (Lipinski definition) is 3. The van der Waals surface area contributed by atoms with Gasteiger partial charge in [-0.2, -0.15) is 4.37 Å². The molecule has 1 spiro atoms. The van der Waals surface area contributed by atoms with Gasteiger partial charge in [0, 0.05) is 29.4 Å². The lowest BCUT2D eigenvalue weighted by atomic mass is 9.87. The SMILES string of the molecule is CC(C)(C)c1nsc(NC[C@@H]2CCC[C@@]23NC(=O)NC3=O)n1. The zero-order chi connectivity index (χ0) is 16.0. The molecule has 0 bridgehead atoms. The number of imide groups is 1. The fraction of sp³-hybridized carbons (Fsp3) is 0.714. The Bertz CT molecular complexity index is 609. The first kappa shape index (κ1) is 15.2. The summed E-state index contributed by atoms with van der Waals surface area (Å²) in [4.78, 5) is 28.1. The van der Waals surface area contributed by atoms with Crippen molar-refractivity contribution in [2.75, 3.05) is 11.9 Å². The summed E-state index contributed by atoms with van der Waals surface area (Å²) < 4.78 is 4.37. The van der Waals surface area contributed by atoms with Crippen LogP contribution >= 0.6 is 11.5 Å². The summed E-state index contributed by atoms with van der Waals surface area (Å²) in [6, 6.07) is -0.386. The molecule has 2 fully saturated rings. The average Bonchev–Trinajstić information content (AvgIpc) is 3.08. The standard InChI is InChI=1S/C14H21N5O2S/c1-13(2,3)9-16-12(22-19-9)15-7-8-5-4-6-14(8)10(20)17-11(21)18-14/h8H,4-7H2,1-3H3,(H,15,16,19)(H2,17,18,20,21)/t8-,14+/m0/s1. The minimum atomic E-state index is -0.748. The highest BCUT2D eigenvalue weighted by Gasteiger charge is 2.54. The third kappa shape index (κ3) is 2.55. The first-order chi connectivity index (χ1) is 10.3. The Labute approximate surface area is 133 Å². The Kier molecular flexibility index (Phi) is 3.58. The molecular weight excluding hydrogens is 302 g/mol. The van der Waals surface area contributed by atoms with Crippen molar-refractivity contribution in [1.82, 2.24) is 20.0 Å². The maximum Gasteiger partial charge on any atom is 0.322 e. The van der Waals surface area contributed by atoms with Crippen LogP contribution in [0.1, 0.15) is 45.9 Å². The van der Waals surface area contributed by atoms with Gasteiger partial charge in [0.05, 0.1) is 0 Å². The lowest BCUT2D eigenvalue weighted by molar-refractivity contribution is -0.125. The van der Waals surface area contributed by atoms with Gasteiger partial charge in [-0.15, -0.1) is 0 Å². The van der Waals surface area contributed by atoms with E-state index in [9.17, 15) is 9.59 Å². The predicted molar refractivity (Wildman–Crippen MR) is 83.8 cm³/mol. The number of nitrogens with zero attached hydrogens (tertiary/aromatic N) is 2. The van der Waals surface area contributed by atoms with Gasteiger partial charge in [0.15, 0.2) is 0 Å². The van der Waals surface area contributed by atoms with Crippen LogP contribution in [-0.4, -0.2) is 33.4 Å². The zero-order valence-electron chi connectivity index (χ0n) is 13.0. The molecule has 3 N–H and O–H groups in total. The molecule has 2 aliphatic rings. The van der Waals surface area contributed by atoms with Crippen LogP contribution in [-0.2, 0) is 10.2 Å². The van der Waals surface area contributed by atoms with Crippen LogP contribution in [0, 0.1) is 5.92 Å². The Morgan fingerprint density at radius 3 is 2.77 bits per heavy atom. The van der Waals surface area contributed by atoms with Crippen molar-refractivity contribution in [2.45, 2.75) is 51.0 Å². The third-order valence-electron chi connectivity index (χ3n) is 4.39. The summed E-state index contributed by atoms with van der Waals surface area (Å²) in [5.41, 5.74) is -0.827. The van der Waals surface area contributed by atoms with Gasteiger partial charge < -0.3 is 10.6 Å². The molecule has 1 aromatic heterocycles. The molecule has 120 valence electrons. The Morgan fingerprint density at radius 2 is 2.18 bits per heavy atom. The van der Waals surface area contributed by atoms with Gasteiger partial charge in [-0.25, -0.2) is 9.78 Å². The number of aromatic nitrogens is 2. The normalized spacial score (nSPS) is 28.0. The molecule has 1 saturated carbocycles. The molecule has 7 nitrogen and oxygen atoms in total. The summed E-state index contributed by atoms with van der Waals surface area (Å²) in [6.45, 7) is 6.82. The molecule has 3 amide bonds. The highest BCUT2D eigenvalue weighted by Crippen LogP contribution is 2.38. The van der Waals surface area contributed by atoms with E-state index in [1.54, 1.807) is 0 Å². The Balaban J connectivity index is 1.67. The number of urea groups is 1. The molecule has 8 heteroatoms. The highest BCUT2D eigenvalue weighted by molar-refractivity contribution is 7.09. The van der Waals surface area contributed by atoms with Crippen LogP contribution in [0.4, 0.5) is 9.93 Å². The molecule has 3 rings (SSSR count). The summed E-state index contributed by atoms with van der Waals surface area (Å²) in [5.74, 6) is 0.684. The van der Waals surface area contributed by atoms with Gasteiger partial charge in [0.1, 0.15) is 11.4 Å². The molecule has 2 atom stereocenters. The van der Waals surface area contributed by atoms with Crippen molar-refractivity contribution in [3.8, 4) is 0 Å². The largest absolute Gasteiger partial charge is 0.360 e. The smallest absolute Gasteiger partial charge is 0.322 e. The summed E-state index contributed by atoms with van der Waals surface area (Å²) in [5, 5.41) is 9.22. The van der Waals surface area contributed by atoms with Crippen LogP contribution in [0.3, 0.4) is 0 Å². The van der Waals surface area contributed by atoms with Gasteiger partial charge in [-0.3, -0.25) is 10.1 Å². The highest BCUT2D eigenvalue weighted by atomic mass is 32.1. The van der Waals surface area contributed by atoms with E-state index in [1.165, 1.54) is 11.5 Å². The first-order valence-electron chi connectivity index (χ1n) is 7.53. The molecular formula is C14H21N5O2S. The maximum absolute atomic E-state index is 12.1. The van der Waals surface area contributed by atoms with Crippen molar-refractivity contribution < 1.29 is 9.59 Å². The van der Waals surface area contributed by atoms with Crippen LogP contribution in [0.15, 0.2) is 0 Å². The fourth-order valence-corrected chi connectivity index (χ4v) is 3.90. The number of hydrogen-bond acceptors (Lipinski definition) is 6. The van der Waals surface area contributed by atoms with Crippen molar-refractivity contribution >= 4 is 28.6 Å². The minimum absolute atomic E-state index is 0.0703. The van der Waals surface area contributed by atoms with Gasteiger partial charge >= 0.3 is 6.03 Å². The monoisotopic (exact) mass is 323 g/mol. The Morgan fingerprint density at radius 1 is 1.41 bits per heavy atom. The summed E-state index contributed by atoms with van der Waals surface area (Å²) in [7, 11) is 0. The van der Waals surface area contributed by atoms with Crippen molar-refractivity contribution in [3.63, 3.8) is 0 Å². The van der Waals surface area contributed by atoms with Crippen molar-refractivity contribution in [3.05, 3.63) is 5.82 Å². The molecule has 0 unspecified atom stereocenters. The Hall–Kier alpha value is -1.70. The lowest BCUT2D eigenvalue weighted by Gasteiger charge is -2.28. The zero-order valence-corrected chi connectivity index (χ0v) is 13.8. The third-order valence-corrected chi connectivity index (χ3v) is 5.06. The molecule has 2 heterocycles. The number of anilines is 1. The minimum Gasteiger partial charge on any atom is -0.360 e. The van der Waals surface area contributed by atoms with E-state index >= 15 is 0 Å². The van der Waals surface area contributed by atoms with Crippen molar-refractivity contribution in [2.24, 2.45) is 5.92 Å². The second kappa shape index (κ2) is 5.19. The lowest BCUT2D eigenvalue weighted by Crippen LogP contribution is -2.51. The number of nitrogens with one attached hydrogen (secondary N) is 3. The first-order valence-corrected chi connectivity index (χ1v) is 8.30. The van der Waals surface area contributed by atoms with Crippen LogP contribution < -0.4 is 16.0 Å². The van der Waals surface area contributed by atoms with Gasteiger partial charge in [-0.1, -0.05) is 27.2 Å². The van der Waals surface area contributed by atoms with E-state index in [-0.39, 0.29) is 23.3 Å². The van der Waals surface area contributed by atoms with Crippen LogP contribution in [0.2, 0.25) is 0 Å². The van der Waals surface area contributed by atoms with Gasteiger partial charge in [0.25, 0.3) is 5.91 Å². The van der Waals surface area contributed by atoms with E-state index in [2.05, 4.69) is 46.1 Å². The number of rotatable bonds is 3. The van der Waals surface area contributed by atoms with Gasteiger partial charge in [-0.05, 0) is 12.8 Å². The van der Waals surface area contributed by atoms with Crippen LogP contribution in [0.5, 0.6) is 0 Å². The fourth-order valence-electron chi connectivity index (χ4n) is 3.13.